The number of piperazine rings is 1. The lowest BCUT2D eigenvalue weighted by Crippen LogP contribution is -2.52. The Labute approximate surface area is 124 Å². The highest BCUT2D eigenvalue weighted by Crippen LogP contribution is 2.18. The lowest BCUT2D eigenvalue weighted by atomic mass is 10.0. The van der Waals surface area contributed by atoms with E-state index in [2.05, 4.69) is 61.8 Å². The quantitative estimate of drug-likeness (QED) is 0.807. The molecule has 1 unspecified atom stereocenters. The highest BCUT2D eigenvalue weighted by Gasteiger charge is 2.24. The maximum absolute atomic E-state index is 2.62. The standard InChI is InChI=1S/C18H30N2/c1-5-18-14-19(11-12-20(18)6-2)13-16-7-9-17(10-8-16)15(3)4/h7-10,15,18H,5-6,11-14H2,1-4H3. The van der Waals surface area contributed by atoms with Gasteiger partial charge in [-0.2, -0.15) is 0 Å². The third-order valence-electron chi connectivity index (χ3n) is 4.62. The van der Waals surface area contributed by atoms with Crippen LogP contribution in [0.4, 0.5) is 0 Å². The van der Waals surface area contributed by atoms with Crippen molar-refractivity contribution in [3.8, 4) is 0 Å². The number of hydrogen-bond donors (Lipinski definition) is 0. The minimum absolute atomic E-state index is 0.627. The number of rotatable bonds is 5. The van der Waals surface area contributed by atoms with Crippen LogP contribution in [-0.2, 0) is 6.54 Å². The topological polar surface area (TPSA) is 6.48 Å². The van der Waals surface area contributed by atoms with Crippen LogP contribution in [0.2, 0.25) is 0 Å². The van der Waals surface area contributed by atoms with Crippen LogP contribution >= 0.6 is 0 Å². The molecular formula is C18H30N2. The van der Waals surface area contributed by atoms with Crippen molar-refractivity contribution in [3.63, 3.8) is 0 Å². The first-order valence-electron chi connectivity index (χ1n) is 8.19. The van der Waals surface area contributed by atoms with Crippen molar-refractivity contribution in [3.05, 3.63) is 35.4 Å². The Morgan fingerprint density at radius 2 is 1.80 bits per heavy atom. The Bertz CT molecular complexity index is 396. The molecule has 0 radical (unpaired) electrons. The molecule has 1 aliphatic heterocycles. The zero-order valence-electron chi connectivity index (χ0n) is 13.6. The summed E-state index contributed by atoms with van der Waals surface area (Å²) >= 11 is 0. The molecule has 1 heterocycles. The van der Waals surface area contributed by atoms with Gasteiger partial charge in [-0.3, -0.25) is 9.80 Å². The number of likely N-dealkylation sites (N-methyl/N-ethyl adjacent to an activating group) is 1. The Kier molecular flexibility index (Phi) is 5.62. The third kappa shape index (κ3) is 3.83. The Morgan fingerprint density at radius 1 is 1.10 bits per heavy atom. The normalized spacial score (nSPS) is 21.6. The zero-order chi connectivity index (χ0) is 14.5. The predicted molar refractivity (Wildman–Crippen MR) is 87.1 cm³/mol. The average molecular weight is 274 g/mol. The summed E-state index contributed by atoms with van der Waals surface area (Å²) in [6, 6.07) is 9.94. The molecule has 1 aromatic rings. The molecule has 0 aliphatic carbocycles. The summed E-state index contributed by atoms with van der Waals surface area (Å²) < 4.78 is 0. The maximum atomic E-state index is 2.62. The van der Waals surface area contributed by atoms with E-state index in [1.54, 1.807) is 0 Å². The number of benzene rings is 1. The molecule has 1 saturated heterocycles. The first-order chi connectivity index (χ1) is 9.63. The highest BCUT2D eigenvalue weighted by molar-refractivity contribution is 5.24. The lowest BCUT2D eigenvalue weighted by molar-refractivity contribution is 0.0721. The van der Waals surface area contributed by atoms with Gasteiger partial charge >= 0.3 is 0 Å². The van der Waals surface area contributed by atoms with Gasteiger partial charge in [0, 0.05) is 32.2 Å². The van der Waals surface area contributed by atoms with Crippen molar-refractivity contribution in [2.24, 2.45) is 0 Å². The Balaban J connectivity index is 1.93. The predicted octanol–water partition coefficient (Wildman–Crippen LogP) is 3.73. The zero-order valence-corrected chi connectivity index (χ0v) is 13.6. The summed E-state index contributed by atoms with van der Waals surface area (Å²) in [5.41, 5.74) is 2.89. The van der Waals surface area contributed by atoms with Crippen LogP contribution in [-0.4, -0.2) is 42.0 Å². The Hall–Kier alpha value is -0.860. The van der Waals surface area contributed by atoms with E-state index in [-0.39, 0.29) is 0 Å². The van der Waals surface area contributed by atoms with Gasteiger partial charge in [0.15, 0.2) is 0 Å². The van der Waals surface area contributed by atoms with Crippen LogP contribution in [0.5, 0.6) is 0 Å². The molecule has 2 heteroatoms. The smallest absolute Gasteiger partial charge is 0.0234 e. The second-order valence-electron chi connectivity index (χ2n) is 6.32. The summed E-state index contributed by atoms with van der Waals surface area (Å²) in [7, 11) is 0. The first kappa shape index (κ1) is 15.5. The molecule has 1 atom stereocenters. The maximum Gasteiger partial charge on any atom is 0.0234 e. The van der Waals surface area contributed by atoms with Gasteiger partial charge in [0.1, 0.15) is 0 Å². The van der Waals surface area contributed by atoms with Crippen molar-refractivity contribution in [1.29, 1.82) is 0 Å². The first-order valence-corrected chi connectivity index (χ1v) is 8.19. The second kappa shape index (κ2) is 7.24. The van der Waals surface area contributed by atoms with Gasteiger partial charge in [-0.05, 0) is 30.0 Å². The summed E-state index contributed by atoms with van der Waals surface area (Å²) in [4.78, 5) is 5.24. The van der Waals surface area contributed by atoms with Crippen molar-refractivity contribution < 1.29 is 0 Å². The fourth-order valence-electron chi connectivity index (χ4n) is 3.17. The molecule has 0 N–H and O–H groups in total. The van der Waals surface area contributed by atoms with E-state index in [9.17, 15) is 0 Å². The molecule has 0 spiro atoms. The summed E-state index contributed by atoms with van der Waals surface area (Å²) in [6.07, 6.45) is 1.26. The summed E-state index contributed by atoms with van der Waals surface area (Å²) in [6.45, 7) is 15.0. The molecule has 0 amide bonds. The minimum atomic E-state index is 0.627. The van der Waals surface area contributed by atoms with Gasteiger partial charge in [0.25, 0.3) is 0 Å². The number of hydrogen-bond acceptors (Lipinski definition) is 2. The molecular weight excluding hydrogens is 244 g/mol. The molecule has 2 nitrogen and oxygen atoms in total. The number of nitrogens with zero attached hydrogens (tertiary/aromatic N) is 2. The van der Waals surface area contributed by atoms with Crippen LogP contribution in [0.1, 0.15) is 51.2 Å². The van der Waals surface area contributed by atoms with E-state index in [4.69, 9.17) is 0 Å². The molecule has 0 bridgehead atoms. The fourth-order valence-corrected chi connectivity index (χ4v) is 3.17. The molecule has 112 valence electrons. The molecule has 1 fully saturated rings. The lowest BCUT2D eigenvalue weighted by Gasteiger charge is -2.40. The largest absolute Gasteiger partial charge is 0.298 e. The molecule has 0 saturated carbocycles. The Morgan fingerprint density at radius 3 is 2.35 bits per heavy atom. The van der Waals surface area contributed by atoms with E-state index in [0.717, 1.165) is 12.6 Å². The van der Waals surface area contributed by atoms with Gasteiger partial charge < -0.3 is 0 Å². The highest BCUT2D eigenvalue weighted by atomic mass is 15.3. The van der Waals surface area contributed by atoms with Gasteiger partial charge in [-0.1, -0.05) is 52.0 Å². The minimum Gasteiger partial charge on any atom is -0.298 e. The van der Waals surface area contributed by atoms with Gasteiger partial charge in [-0.25, -0.2) is 0 Å². The molecule has 20 heavy (non-hydrogen) atoms. The summed E-state index contributed by atoms with van der Waals surface area (Å²) in [5, 5.41) is 0. The van der Waals surface area contributed by atoms with Gasteiger partial charge in [0.2, 0.25) is 0 Å². The van der Waals surface area contributed by atoms with Crippen molar-refractivity contribution in [1.82, 2.24) is 9.80 Å². The fraction of sp³-hybridized carbons (Fsp3) is 0.667. The molecule has 1 aliphatic rings. The van der Waals surface area contributed by atoms with E-state index < -0.39 is 0 Å². The van der Waals surface area contributed by atoms with E-state index in [1.165, 1.54) is 43.7 Å². The van der Waals surface area contributed by atoms with Crippen molar-refractivity contribution >= 4 is 0 Å². The van der Waals surface area contributed by atoms with Gasteiger partial charge in [0.05, 0.1) is 0 Å². The SMILES string of the molecule is CCC1CN(Cc2ccc(C(C)C)cc2)CCN1CC. The van der Waals surface area contributed by atoms with E-state index in [0.29, 0.717) is 5.92 Å². The van der Waals surface area contributed by atoms with Crippen LogP contribution in [0.15, 0.2) is 24.3 Å². The van der Waals surface area contributed by atoms with Gasteiger partial charge in [-0.15, -0.1) is 0 Å². The van der Waals surface area contributed by atoms with Crippen molar-refractivity contribution in [2.45, 2.75) is 52.6 Å². The van der Waals surface area contributed by atoms with Crippen LogP contribution in [0.3, 0.4) is 0 Å². The van der Waals surface area contributed by atoms with Crippen LogP contribution < -0.4 is 0 Å². The van der Waals surface area contributed by atoms with Crippen molar-refractivity contribution in [2.75, 3.05) is 26.2 Å². The molecule has 2 rings (SSSR count). The van der Waals surface area contributed by atoms with E-state index >= 15 is 0 Å². The average Bonchev–Trinajstić information content (AvgIpc) is 2.47. The second-order valence-corrected chi connectivity index (χ2v) is 6.32. The monoisotopic (exact) mass is 274 g/mol. The molecule has 1 aromatic carbocycles. The van der Waals surface area contributed by atoms with Crippen LogP contribution in [0, 0.1) is 0 Å². The van der Waals surface area contributed by atoms with Crippen LogP contribution in [0.25, 0.3) is 0 Å². The molecule has 0 aromatic heterocycles. The third-order valence-corrected chi connectivity index (χ3v) is 4.62. The summed E-state index contributed by atoms with van der Waals surface area (Å²) in [5.74, 6) is 0.627. The van der Waals surface area contributed by atoms with E-state index in [1.807, 2.05) is 0 Å².